The van der Waals surface area contributed by atoms with Gasteiger partial charge in [-0.05, 0) is 31.9 Å². The van der Waals surface area contributed by atoms with E-state index in [4.69, 9.17) is 4.74 Å². The van der Waals surface area contributed by atoms with E-state index in [1.165, 1.54) is 5.56 Å². The number of ether oxygens (including phenoxy) is 1. The first kappa shape index (κ1) is 19.6. The van der Waals surface area contributed by atoms with Crippen LogP contribution >= 0.6 is 0 Å². The number of hydrogen-bond donors (Lipinski definition) is 1. The van der Waals surface area contributed by atoms with Crippen LogP contribution in [0.15, 0.2) is 24.3 Å². The Morgan fingerprint density at radius 1 is 1.13 bits per heavy atom. The molecule has 2 amide bonds. The van der Waals surface area contributed by atoms with E-state index in [2.05, 4.69) is 22.0 Å². The van der Waals surface area contributed by atoms with Crippen molar-refractivity contribution in [2.45, 2.75) is 38.3 Å². The maximum absolute atomic E-state index is 13.4. The van der Waals surface area contributed by atoms with Gasteiger partial charge in [-0.3, -0.25) is 14.5 Å². The van der Waals surface area contributed by atoms with Crippen molar-refractivity contribution in [1.82, 2.24) is 19.7 Å². The SMILES string of the molecule is CC1(C)c2[nH]c3ccccc3c2C[C@H]2C(=O)N(CCCN3CCOCC3)CC(=O)N21. The predicted octanol–water partition coefficient (Wildman–Crippen LogP) is 1.72. The summed E-state index contributed by atoms with van der Waals surface area (Å²) in [4.78, 5) is 36.1. The number of aromatic nitrogens is 1. The molecule has 0 bridgehead atoms. The van der Waals surface area contributed by atoms with Crippen LogP contribution in [-0.2, 0) is 26.3 Å². The number of morpholine rings is 1. The molecular weight excluding hydrogens is 380 g/mol. The van der Waals surface area contributed by atoms with Crippen LogP contribution in [0.25, 0.3) is 10.9 Å². The fourth-order valence-electron chi connectivity index (χ4n) is 5.44. The lowest BCUT2D eigenvalue weighted by atomic mass is 9.82. The number of carbonyl (C=O) groups excluding carboxylic acids is 2. The zero-order chi connectivity index (χ0) is 20.9. The molecule has 3 aliphatic rings. The summed E-state index contributed by atoms with van der Waals surface area (Å²) in [6.07, 6.45) is 1.46. The van der Waals surface area contributed by atoms with Gasteiger partial charge in [0, 0.05) is 49.2 Å². The minimum absolute atomic E-state index is 0.0419. The molecule has 160 valence electrons. The van der Waals surface area contributed by atoms with Gasteiger partial charge < -0.3 is 19.5 Å². The van der Waals surface area contributed by atoms with Crippen LogP contribution in [0.5, 0.6) is 0 Å². The number of carbonyl (C=O) groups is 2. The number of H-pyrrole nitrogens is 1. The maximum Gasteiger partial charge on any atom is 0.246 e. The Morgan fingerprint density at radius 2 is 1.90 bits per heavy atom. The molecule has 4 heterocycles. The van der Waals surface area contributed by atoms with Gasteiger partial charge in [0.2, 0.25) is 11.8 Å². The third-order valence-electron chi connectivity index (χ3n) is 6.93. The molecule has 7 nitrogen and oxygen atoms in total. The predicted molar refractivity (Wildman–Crippen MR) is 114 cm³/mol. The lowest BCUT2D eigenvalue weighted by Crippen LogP contribution is -2.67. The highest BCUT2D eigenvalue weighted by molar-refractivity contribution is 5.97. The Balaban J connectivity index is 1.37. The van der Waals surface area contributed by atoms with E-state index in [1.54, 1.807) is 4.90 Å². The number of hydrogen-bond acceptors (Lipinski definition) is 4. The van der Waals surface area contributed by atoms with Crippen molar-refractivity contribution in [3.63, 3.8) is 0 Å². The number of nitrogens with one attached hydrogen (secondary N) is 1. The summed E-state index contributed by atoms with van der Waals surface area (Å²) < 4.78 is 5.40. The molecule has 1 aromatic heterocycles. The molecule has 30 heavy (non-hydrogen) atoms. The lowest BCUT2D eigenvalue weighted by molar-refractivity contribution is -0.163. The molecule has 3 aliphatic heterocycles. The Hall–Kier alpha value is -2.38. The van der Waals surface area contributed by atoms with Gasteiger partial charge in [-0.15, -0.1) is 0 Å². The minimum Gasteiger partial charge on any atom is -0.379 e. The largest absolute Gasteiger partial charge is 0.379 e. The Morgan fingerprint density at radius 3 is 2.70 bits per heavy atom. The minimum atomic E-state index is -0.538. The molecule has 0 unspecified atom stereocenters. The summed E-state index contributed by atoms with van der Waals surface area (Å²) in [7, 11) is 0. The molecule has 2 aromatic rings. The van der Waals surface area contributed by atoms with E-state index in [0.717, 1.165) is 55.9 Å². The van der Waals surface area contributed by atoms with E-state index in [1.807, 2.05) is 30.9 Å². The second-order valence-corrected chi connectivity index (χ2v) is 9.13. The lowest BCUT2D eigenvalue weighted by Gasteiger charge is -2.51. The van der Waals surface area contributed by atoms with Gasteiger partial charge in [-0.1, -0.05) is 18.2 Å². The maximum atomic E-state index is 13.4. The highest BCUT2D eigenvalue weighted by Crippen LogP contribution is 2.42. The number of rotatable bonds is 4. The Kier molecular flexibility index (Phi) is 4.82. The number of fused-ring (bicyclic) bond motifs is 4. The van der Waals surface area contributed by atoms with Gasteiger partial charge in [0.25, 0.3) is 0 Å². The molecule has 5 rings (SSSR count). The molecule has 0 radical (unpaired) electrons. The summed E-state index contributed by atoms with van der Waals surface area (Å²) in [5, 5.41) is 1.16. The van der Waals surface area contributed by atoms with E-state index in [9.17, 15) is 9.59 Å². The quantitative estimate of drug-likeness (QED) is 0.833. The molecule has 1 atom stereocenters. The van der Waals surface area contributed by atoms with Crippen LogP contribution in [0.3, 0.4) is 0 Å². The van der Waals surface area contributed by atoms with E-state index in [-0.39, 0.29) is 18.4 Å². The van der Waals surface area contributed by atoms with Crippen molar-refractivity contribution >= 4 is 22.7 Å². The van der Waals surface area contributed by atoms with Crippen molar-refractivity contribution in [2.75, 3.05) is 45.9 Å². The first-order valence-corrected chi connectivity index (χ1v) is 11.0. The third kappa shape index (κ3) is 3.11. The van der Waals surface area contributed by atoms with Crippen LogP contribution in [0, 0.1) is 0 Å². The molecule has 0 spiro atoms. The smallest absolute Gasteiger partial charge is 0.246 e. The number of benzene rings is 1. The van der Waals surface area contributed by atoms with E-state index >= 15 is 0 Å². The number of para-hydroxylation sites is 1. The fourth-order valence-corrected chi connectivity index (χ4v) is 5.44. The number of nitrogens with zero attached hydrogens (tertiary/aromatic N) is 3. The Bertz CT molecular complexity index is 976. The van der Waals surface area contributed by atoms with Crippen LogP contribution < -0.4 is 0 Å². The fraction of sp³-hybridized carbons (Fsp3) is 0.565. The van der Waals surface area contributed by atoms with E-state index in [0.29, 0.717) is 13.0 Å². The molecule has 1 N–H and O–H groups in total. The van der Waals surface area contributed by atoms with Crippen molar-refractivity contribution in [2.24, 2.45) is 0 Å². The number of piperazine rings is 1. The van der Waals surface area contributed by atoms with Gasteiger partial charge in [0.15, 0.2) is 0 Å². The first-order valence-electron chi connectivity index (χ1n) is 11.0. The van der Waals surface area contributed by atoms with Crippen LogP contribution in [0.4, 0.5) is 0 Å². The first-order chi connectivity index (χ1) is 14.5. The third-order valence-corrected chi connectivity index (χ3v) is 6.93. The zero-order valence-electron chi connectivity index (χ0n) is 17.8. The summed E-state index contributed by atoms with van der Waals surface area (Å²) in [6.45, 7) is 9.29. The van der Waals surface area contributed by atoms with Crippen LogP contribution in [0.2, 0.25) is 0 Å². The second kappa shape index (κ2) is 7.39. The van der Waals surface area contributed by atoms with Crippen LogP contribution in [-0.4, -0.2) is 83.5 Å². The highest BCUT2D eigenvalue weighted by Gasteiger charge is 2.51. The topological polar surface area (TPSA) is 68.9 Å². The average molecular weight is 411 g/mol. The molecule has 0 aliphatic carbocycles. The van der Waals surface area contributed by atoms with Crippen molar-refractivity contribution in [3.8, 4) is 0 Å². The molecule has 0 saturated carbocycles. The van der Waals surface area contributed by atoms with Gasteiger partial charge in [0.1, 0.15) is 6.04 Å². The summed E-state index contributed by atoms with van der Waals surface area (Å²) in [5.41, 5.74) is 2.76. The monoisotopic (exact) mass is 410 g/mol. The van der Waals surface area contributed by atoms with Gasteiger partial charge in [-0.2, -0.15) is 0 Å². The van der Waals surface area contributed by atoms with Crippen molar-refractivity contribution < 1.29 is 14.3 Å². The standard InChI is InChI=1S/C23H30N4O3/c1-23(2)21-17(16-6-3-4-7-18(16)24-21)14-19-22(29)26(15-20(28)27(19)23)9-5-8-25-10-12-30-13-11-25/h3-4,6-7,19,24H,5,8-15H2,1-2H3/t19-/m0/s1. The van der Waals surface area contributed by atoms with Crippen molar-refractivity contribution in [1.29, 1.82) is 0 Å². The number of aromatic amines is 1. The molecule has 1 aromatic carbocycles. The van der Waals surface area contributed by atoms with Gasteiger partial charge in [0.05, 0.1) is 25.3 Å². The highest BCUT2D eigenvalue weighted by atomic mass is 16.5. The summed E-state index contributed by atoms with van der Waals surface area (Å²) >= 11 is 0. The molecule has 2 saturated heterocycles. The number of amides is 2. The van der Waals surface area contributed by atoms with Gasteiger partial charge in [-0.25, -0.2) is 0 Å². The summed E-state index contributed by atoms with van der Waals surface area (Å²) in [6, 6.07) is 7.78. The second-order valence-electron chi connectivity index (χ2n) is 9.13. The molecule has 7 heteroatoms. The zero-order valence-corrected chi connectivity index (χ0v) is 17.8. The average Bonchev–Trinajstić information content (AvgIpc) is 3.12. The van der Waals surface area contributed by atoms with Crippen LogP contribution in [0.1, 0.15) is 31.5 Å². The molecular formula is C23H30N4O3. The van der Waals surface area contributed by atoms with E-state index < -0.39 is 11.6 Å². The Labute approximate surface area is 176 Å². The van der Waals surface area contributed by atoms with Crippen molar-refractivity contribution in [3.05, 3.63) is 35.5 Å². The molecule has 2 fully saturated rings. The normalized spacial score (nSPS) is 24.3. The van der Waals surface area contributed by atoms with Gasteiger partial charge >= 0.3 is 0 Å². The summed E-state index contributed by atoms with van der Waals surface area (Å²) in [5.74, 6) is 0.126.